The van der Waals surface area contributed by atoms with E-state index in [0.29, 0.717) is 6.42 Å². The summed E-state index contributed by atoms with van der Waals surface area (Å²) in [7, 11) is 1.67. The Kier molecular flexibility index (Phi) is 5.22. The Bertz CT molecular complexity index is 591. The molecule has 7 heteroatoms. The maximum atomic E-state index is 12.4. The first-order chi connectivity index (χ1) is 12.9. The second-order valence-electron chi connectivity index (χ2n) is 8.62. The minimum Gasteiger partial charge on any atom is -0.443 e. The molecule has 7 nitrogen and oxygen atoms in total. The van der Waals surface area contributed by atoms with E-state index >= 15 is 0 Å². The minimum absolute atomic E-state index is 0.0150. The molecule has 1 aliphatic carbocycles. The number of hydrogen-bond donors (Lipinski definition) is 1. The van der Waals surface area contributed by atoms with Gasteiger partial charge in [0.1, 0.15) is 11.7 Å². The second kappa shape index (κ2) is 7.35. The Balaban J connectivity index is 1.62. The van der Waals surface area contributed by atoms with Gasteiger partial charge < -0.3 is 29.2 Å². The summed E-state index contributed by atoms with van der Waals surface area (Å²) in [5.41, 5.74) is 0.333. The van der Waals surface area contributed by atoms with Gasteiger partial charge in [0.25, 0.3) is 0 Å². The number of amides is 1. The molecular formula is C20H32N2O5. The van der Waals surface area contributed by atoms with Crippen LogP contribution in [-0.4, -0.2) is 68.1 Å². The normalized spacial score (nSPS) is 41.2. The van der Waals surface area contributed by atoms with Crippen LogP contribution in [0.1, 0.15) is 39.5 Å². The van der Waals surface area contributed by atoms with Gasteiger partial charge in [0, 0.05) is 19.7 Å². The fourth-order valence-corrected chi connectivity index (χ4v) is 5.32. The number of ether oxygens (including phenoxy) is 4. The van der Waals surface area contributed by atoms with Crippen LogP contribution in [0.3, 0.4) is 0 Å². The van der Waals surface area contributed by atoms with Crippen LogP contribution in [0.25, 0.3) is 0 Å². The number of alkyl carbamates (subject to hydrolysis) is 1. The lowest BCUT2D eigenvalue weighted by Gasteiger charge is -2.55. The zero-order valence-electron chi connectivity index (χ0n) is 16.6. The highest BCUT2D eigenvalue weighted by Crippen LogP contribution is 2.59. The van der Waals surface area contributed by atoms with Crippen LogP contribution in [0.2, 0.25) is 0 Å². The summed E-state index contributed by atoms with van der Waals surface area (Å²) in [5.74, 6) is 0.169. The van der Waals surface area contributed by atoms with Crippen molar-refractivity contribution in [2.24, 2.45) is 11.8 Å². The number of likely N-dealkylation sites (tertiary alicyclic amines) is 1. The molecule has 4 saturated heterocycles. The van der Waals surface area contributed by atoms with E-state index in [1.54, 1.807) is 7.11 Å². The van der Waals surface area contributed by atoms with Crippen molar-refractivity contribution >= 4 is 6.09 Å². The fourth-order valence-electron chi connectivity index (χ4n) is 5.32. The lowest BCUT2D eigenvalue weighted by molar-refractivity contribution is -0.375. The Hall–Kier alpha value is -1.15. The molecule has 5 rings (SSSR count). The number of carbonyl (C=O) groups excluding carboxylic acids is 1. The predicted molar refractivity (Wildman–Crippen MR) is 99.1 cm³/mol. The molecule has 1 saturated carbocycles. The van der Waals surface area contributed by atoms with Crippen molar-refractivity contribution in [1.29, 1.82) is 0 Å². The van der Waals surface area contributed by atoms with Gasteiger partial charge in [0.05, 0.1) is 5.92 Å². The molecule has 0 aromatic carbocycles. The third kappa shape index (κ3) is 3.28. The third-order valence-corrected chi connectivity index (χ3v) is 6.47. The van der Waals surface area contributed by atoms with Crippen LogP contribution in [0.15, 0.2) is 12.2 Å². The van der Waals surface area contributed by atoms with Crippen molar-refractivity contribution in [2.75, 3.05) is 26.7 Å². The summed E-state index contributed by atoms with van der Waals surface area (Å²) in [6, 6.07) is 0.0266. The van der Waals surface area contributed by atoms with E-state index in [1.165, 1.54) is 19.3 Å². The monoisotopic (exact) mass is 380 g/mol. The first kappa shape index (κ1) is 19.2. The van der Waals surface area contributed by atoms with E-state index in [2.05, 4.69) is 16.8 Å². The molecule has 0 aromatic heterocycles. The van der Waals surface area contributed by atoms with E-state index < -0.39 is 11.9 Å². The maximum Gasteiger partial charge on any atom is 0.407 e. The molecule has 0 aromatic rings. The van der Waals surface area contributed by atoms with Crippen LogP contribution in [0.5, 0.6) is 0 Å². The van der Waals surface area contributed by atoms with Gasteiger partial charge >= 0.3 is 6.09 Å². The first-order valence-corrected chi connectivity index (χ1v) is 10.2. The van der Waals surface area contributed by atoms with Gasteiger partial charge in [-0.05, 0) is 57.7 Å². The zero-order chi connectivity index (χ0) is 19.2. The molecule has 1 N–H and O–H groups in total. The van der Waals surface area contributed by atoms with E-state index in [1.807, 2.05) is 13.8 Å². The fraction of sp³-hybridized carbons (Fsp3) is 0.850. The van der Waals surface area contributed by atoms with E-state index in [-0.39, 0.29) is 36.4 Å². The summed E-state index contributed by atoms with van der Waals surface area (Å²) in [4.78, 5) is 14.8. The Morgan fingerprint density at radius 2 is 2.11 bits per heavy atom. The maximum absolute atomic E-state index is 12.4. The lowest BCUT2D eigenvalue weighted by atomic mass is 9.76. The van der Waals surface area contributed by atoms with Crippen LogP contribution in [-0.2, 0) is 18.9 Å². The molecule has 4 heterocycles. The number of methoxy groups -OCH3 is 1. The first-order valence-electron chi connectivity index (χ1n) is 10.2. The van der Waals surface area contributed by atoms with Gasteiger partial charge in [-0.1, -0.05) is 13.0 Å². The van der Waals surface area contributed by atoms with Crippen molar-refractivity contribution in [1.82, 2.24) is 10.2 Å². The molecule has 5 unspecified atom stereocenters. The topological polar surface area (TPSA) is 69.3 Å². The highest BCUT2D eigenvalue weighted by Gasteiger charge is 2.70. The van der Waals surface area contributed by atoms with Gasteiger partial charge in [-0.2, -0.15) is 0 Å². The number of nitrogens with one attached hydrogen (secondary N) is 1. The number of piperidine rings is 1. The Labute approximate surface area is 161 Å². The molecule has 1 amide bonds. The number of fused-ring (bicyclic) bond motifs is 1. The molecule has 0 spiro atoms. The van der Waals surface area contributed by atoms with Crippen LogP contribution >= 0.6 is 0 Å². The van der Waals surface area contributed by atoms with Gasteiger partial charge in [-0.15, -0.1) is 0 Å². The number of carbonyl (C=O) groups is 1. The molecule has 152 valence electrons. The average molecular weight is 380 g/mol. The second-order valence-corrected chi connectivity index (χ2v) is 8.62. The van der Waals surface area contributed by atoms with Gasteiger partial charge in [0.15, 0.2) is 12.6 Å². The predicted octanol–water partition coefficient (Wildman–Crippen LogP) is 2.27. The summed E-state index contributed by atoms with van der Waals surface area (Å²) in [6.45, 7) is 10.9. The summed E-state index contributed by atoms with van der Waals surface area (Å²) < 4.78 is 24.0. The summed E-state index contributed by atoms with van der Waals surface area (Å²) >= 11 is 0. The SMILES string of the molecule is C=C1C2OC(OC)C3C1C[C@@H](OC(=O)NC(C)C)C3(CN1CCCCC1)O2. The summed E-state index contributed by atoms with van der Waals surface area (Å²) in [6.07, 6.45) is 2.81. The van der Waals surface area contributed by atoms with Crippen LogP contribution in [0, 0.1) is 11.8 Å². The number of rotatable bonds is 5. The van der Waals surface area contributed by atoms with Gasteiger partial charge in [-0.25, -0.2) is 4.79 Å². The third-order valence-electron chi connectivity index (χ3n) is 6.47. The molecule has 4 bridgehead atoms. The minimum atomic E-state index is -0.610. The molecule has 5 aliphatic rings. The molecule has 0 radical (unpaired) electrons. The molecular weight excluding hydrogens is 348 g/mol. The molecule has 5 fully saturated rings. The number of nitrogens with zero attached hydrogens (tertiary/aromatic N) is 1. The van der Waals surface area contributed by atoms with Crippen LogP contribution < -0.4 is 5.32 Å². The van der Waals surface area contributed by atoms with E-state index in [4.69, 9.17) is 18.9 Å². The van der Waals surface area contributed by atoms with Crippen molar-refractivity contribution in [3.8, 4) is 0 Å². The standard InChI is InChI=1S/C20H32N2O5/c1-12(2)21-19(23)25-15-10-14-13(3)17-26-18(24-4)16(14)20(15,27-17)11-22-8-6-5-7-9-22/h12,14-18H,3,5-11H2,1-2,4H3,(H,21,23)/t14?,15-,16?,17?,18?,20?/m1/s1. The average Bonchev–Trinajstić information content (AvgIpc) is 2.89. The van der Waals surface area contributed by atoms with Crippen LogP contribution in [0.4, 0.5) is 4.79 Å². The molecule has 6 atom stereocenters. The highest BCUT2D eigenvalue weighted by atomic mass is 16.8. The highest BCUT2D eigenvalue weighted by molar-refractivity contribution is 5.68. The Morgan fingerprint density at radius 1 is 1.37 bits per heavy atom. The van der Waals surface area contributed by atoms with Crippen molar-refractivity contribution in [2.45, 2.75) is 69.9 Å². The van der Waals surface area contributed by atoms with Crippen molar-refractivity contribution in [3.63, 3.8) is 0 Å². The van der Waals surface area contributed by atoms with E-state index in [0.717, 1.165) is 25.2 Å². The lowest BCUT2D eigenvalue weighted by Crippen LogP contribution is -2.67. The van der Waals surface area contributed by atoms with E-state index in [9.17, 15) is 4.79 Å². The summed E-state index contributed by atoms with van der Waals surface area (Å²) in [5, 5.41) is 2.84. The van der Waals surface area contributed by atoms with Crippen molar-refractivity contribution in [3.05, 3.63) is 12.2 Å². The Morgan fingerprint density at radius 3 is 2.78 bits per heavy atom. The quantitative estimate of drug-likeness (QED) is 0.738. The molecule has 27 heavy (non-hydrogen) atoms. The molecule has 4 aliphatic heterocycles. The van der Waals surface area contributed by atoms with Gasteiger partial charge in [-0.3, -0.25) is 0 Å². The smallest absolute Gasteiger partial charge is 0.407 e. The van der Waals surface area contributed by atoms with Crippen molar-refractivity contribution < 1.29 is 23.7 Å². The number of hydrogen-bond acceptors (Lipinski definition) is 6. The van der Waals surface area contributed by atoms with Gasteiger partial charge in [0.2, 0.25) is 0 Å². The zero-order valence-corrected chi connectivity index (χ0v) is 16.6. The largest absolute Gasteiger partial charge is 0.443 e.